The fraction of sp³-hybridized carbons (Fsp3) is 0.455. The third-order valence-electron chi connectivity index (χ3n) is 2.78. The molecule has 3 rings (SSSR count). The zero-order valence-electron chi connectivity index (χ0n) is 7.35. The zero-order chi connectivity index (χ0) is 8.67. The van der Waals surface area contributed by atoms with Crippen molar-refractivity contribution in [3.8, 4) is 0 Å². The minimum atomic E-state index is 0.343. The maximum absolute atomic E-state index is 5.63. The fourth-order valence-electron chi connectivity index (χ4n) is 1.84. The number of hydrogen-bond donors (Lipinski definition) is 0. The number of benzene rings is 1. The molecule has 0 aromatic heterocycles. The molecule has 1 aromatic rings. The van der Waals surface area contributed by atoms with Crippen LogP contribution < -0.4 is 0 Å². The molecule has 0 saturated carbocycles. The van der Waals surface area contributed by atoms with E-state index in [2.05, 4.69) is 24.3 Å². The summed E-state index contributed by atoms with van der Waals surface area (Å²) < 4.78 is 10.8. The molecule has 2 heterocycles. The molecule has 2 nitrogen and oxygen atoms in total. The van der Waals surface area contributed by atoms with Gasteiger partial charge in [0.15, 0.2) is 0 Å². The second-order valence-electron chi connectivity index (χ2n) is 3.73. The normalized spacial score (nSPS) is 32.6. The van der Waals surface area contributed by atoms with Gasteiger partial charge in [-0.25, -0.2) is 0 Å². The van der Waals surface area contributed by atoms with Crippen LogP contribution in [0.2, 0.25) is 0 Å². The van der Waals surface area contributed by atoms with Gasteiger partial charge in [0.2, 0.25) is 0 Å². The van der Waals surface area contributed by atoms with Gasteiger partial charge in [0.05, 0.1) is 19.3 Å². The van der Waals surface area contributed by atoms with Gasteiger partial charge in [-0.1, -0.05) is 30.3 Å². The van der Waals surface area contributed by atoms with Gasteiger partial charge in [-0.3, -0.25) is 0 Å². The molecule has 0 spiro atoms. The van der Waals surface area contributed by atoms with Crippen molar-refractivity contribution < 1.29 is 9.47 Å². The predicted molar refractivity (Wildman–Crippen MR) is 48.4 cm³/mol. The smallest absolute Gasteiger partial charge is 0.110 e. The molecule has 0 unspecified atom stereocenters. The van der Waals surface area contributed by atoms with Gasteiger partial charge in [-0.15, -0.1) is 0 Å². The van der Waals surface area contributed by atoms with Gasteiger partial charge in [0.25, 0.3) is 0 Å². The fourth-order valence-corrected chi connectivity index (χ4v) is 1.84. The van der Waals surface area contributed by atoms with Gasteiger partial charge >= 0.3 is 0 Å². The molecule has 2 aliphatic heterocycles. The molecule has 2 saturated heterocycles. The Hall–Kier alpha value is -0.860. The topological polar surface area (TPSA) is 21.8 Å². The highest BCUT2D eigenvalue weighted by molar-refractivity contribution is 5.22. The molecule has 2 fully saturated rings. The van der Waals surface area contributed by atoms with Crippen molar-refractivity contribution in [2.45, 2.75) is 12.2 Å². The molecule has 0 amide bonds. The molecular formula is C11H12O2. The molecule has 68 valence electrons. The van der Waals surface area contributed by atoms with E-state index in [1.165, 1.54) is 5.56 Å². The number of rotatable bonds is 2. The second-order valence-corrected chi connectivity index (χ2v) is 3.73. The van der Waals surface area contributed by atoms with Crippen LogP contribution in [0, 0.1) is 5.92 Å². The Bertz CT molecular complexity index is 292. The highest BCUT2D eigenvalue weighted by Gasteiger charge is 2.48. The van der Waals surface area contributed by atoms with E-state index in [0.717, 1.165) is 13.2 Å². The number of epoxide rings is 1. The lowest BCUT2D eigenvalue weighted by Gasteiger charge is -2.24. The highest BCUT2D eigenvalue weighted by Crippen LogP contribution is 2.45. The van der Waals surface area contributed by atoms with E-state index in [1.807, 2.05) is 6.07 Å². The first-order valence-electron chi connectivity index (χ1n) is 4.73. The molecule has 2 atom stereocenters. The molecule has 0 N–H and O–H groups in total. The number of hydrogen-bond acceptors (Lipinski definition) is 2. The van der Waals surface area contributed by atoms with E-state index in [9.17, 15) is 0 Å². The Labute approximate surface area is 77.5 Å². The van der Waals surface area contributed by atoms with Crippen LogP contribution in [0.15, 0.2) is 30.3 Å². The van der Waals surface area contributed by atoms with Gasteiger partial charge < -0.3 is 9.47 Å². The van der Waals surface area contributed by atoms with Gasteiger partial charge in [0, 0.05) is 5.92 Å². The average Bonchev–Trinajstić information content (AvgIpc) is 2.83. The van der Waals surface area contributed by atoms with Gasteiger partial charge in [-0.05, 0) is 5.56 Å². The molecular weight excluding hydrogens is 164 g/mol. The Kier molecular flexibility index (Phi) is 1.64. The molecule has 2 heteroatoms. The highest BCUT2D eigenvalue weighted by atomic mass is 16.6. The summed E-state index contributed by atoms with van der Waals surface area (Å²) in [6.07, 6.45) is 0.770. The van der Waals surface area contributed by atoms with E-state index in [-0.39, 0.29) is 0 Å². The first-order valence-corrected chi connectivity index (χ1v) is 4.73. The molecule has 13 heavy (non-hydrogen) atoms. The largest absolute Gasteiger partial charge is 0.380 e. The third-order valence-corrected chi connectivity index (χ3v) is 2.78. The lowest BCUT2D eigenvalue weighted by atomic mass is 9.98. The minimum absolute atomic E-state index is 0.343. The van der Waals surface area contributed by atoms with Crippen LogP contribution in [0.4, 0.5) is 0 Å². The van der Waals surface area contributed by atoms with Crippen molar-refractivity contribution in [3.63, 3.8) is 0 Å². The predicted octanol–water partition coefficient (Wildman–Crippen LogP) is 1.77. The van der Waals surface area contributed by atoms with E-state index < -0.39 is 0 Å². The Balaban J connectivity index is 1.69. The first-order chi connectivity index (χ1) is 6.45. The average molecular weight is 176 g/mol. The van der Waals surface area contributed by atoms with E-state index in [1.54, 1.807) is 0 Å². The molecule has 2 aliphatic rings. The van der Waals surface area contributed by atoms with Gasteiger partial charge in [-0.2, -0.15) is 0 Å². The van der Waals surface area contributed by atoms with Crippen LogP contribution in [0.1, 0.15) is 11.7 Å². The maximum Gasteiger partial charge on any atom is 0.110 e. The standard InChI is InChI=1S/C11H12O2/c1-2-4-8(5-3-1)10-11(13-10)9-6-12-7-9/h1-5,9-11H,6-7H2/t10-,11-/m0/s1. The summed E-state index contributed by atoms with van der Waals surface area (Å²) in [5.74, 6) is 0.644. The van der Waals surface area contributed by atoms with Crippen molar-refractivity contribution in [1.29, 1.82) is 0 Å². The summed E-state index contributed by atoms with van der Waals surface area (Å²) in [5.41, 5.74) is 1.31. The van der Waals surface area contributed by atoms with E-state index in [4.69, 9.17) is 9.47 Å². The third kappa shape index (κ3) is 1.26. The van der Waals surface area contributed by atoms with Crippen LogP contribution >= 0.6 is 0 Å². The van der Waals surface area contributed by atoms with Crippen molar-refractivity contribution in [1.82, 2.24) is 0 Å². The molecule has 0 aliphatic carbocycles. The lowest BCUT2D eigenvalue weighted by Crippen LogP contribution is -2.32. The summed E-state index contributed by atoms with van der Waals surface area (Å²) in [4.78, 5) is 0. The van der Waals surface area contributed by atoms with Crippen LogP contribution in [-0.2, 0) is 9.47 Å². The van der Waals surface area contributed by atoms with E-state index in [0.29, 0.717) is 18.1 Å². The molecule has 1 aromatic carbocycles. The summed E-state index contributed by atoms with van der Waals surface area (Å²) >= 11 is 0. The van der Waals surface area contributed by atoms with Crippen molar-refractivity contribution in [3.05, 3.63) is 35.9 Å². The van der Waals surface area contributed by atoms with Crippen LogP contribution in [0.5, 0.6) is 0 Å². The maximum atomic E-state index is 5.63. The van der Waals surface area contributed by atoms with Crippen LogP contribution in [-0.4, -0.2) is 19.3 Å². The monoisotopic (exact) mass is 176 g/mol. The lowest BCUT2D eigenvalue weighted by molar-refractivity contribution is -0.0438. The minimum Gasteiger partial charge on any atom is -0.380 e. The summed E-state index contributed by atoms with van der Waals surface area (Å²) in [6.45, 7) is 1.77. The van der Waals surface area contributed by atoms with Crippen LogP contribution in [0.25, 0.3) is 0 Å². The summed E-state index contributed by atoms with van der Waals surface area (Å²) in [6, 6.07) is 10.4. The van der Waals surface area contributed by atoms with Gasteiger partial charge in [0.1, 0.15) is 6.10 Å². The Morgan fingerprint density at radius 3 is 2.46 bits per heavy atom. The number of ether oxygens (including phenoxy) is 2. The summed E-state index contributed by atoms with van der Waals surface area (Å²) in [7, 11) is 0. The zero-order valence-corrected chi connectivity index (χ0v) is 7.35. The van der Waals surface area contributed by atoms with Crippen molar-refractivity contribution in [2.75, 3.05) is 13.2 Å². The van der Waals surface area contributed by atoms with Crippen molar-refractivity contribution >= 4 is 0 Å². The van der Waals surface area contributed by atoms with Crippen LogP contribution in [0.3, 0.4) is 0 Å². The summed E-state index contributed by atoms with van der Waals surface area (Å²) in [5, 5.41) is 0. The second kappa shape index (κ2) is 2.82. The quantitative estimate of drug-likeness (QED) is 0.640. The molecule has 0 bridgehead atoms. The SMILES string of the molecule is c1ccc([C@@H]2O[C@H]2C2COC2)cc1. The van der Waals surface area contributed by atoms with Crippen molar-refractivity contribution in [2.24, 2.45) is 5.92 Å². The Morgan fingerprint density at radius 2 is 1.85 bits per heavy atom. The van der Waals surface area contributed by atoms with E-state index >= 15 is 0 Å². The Morgan fingerprint density at radius 1 is 1.08 bits per heavy atom. The molecule has 0 radical (unpaired) electrons. The first kappa shape index (κ1) is 7.54.